The lowest BCUT2D eigenvalue weighted by atomic mass is 10.0. The molecule has 3 heterocycles. The van der Waals surface area contributed by atoms with Crippen molar-refractivity contribution in [3.05, 3.63) is 68.5 Å². The molecule has 0 radical (unpaired) electrons. The van der Waals surface area contributed by atoms with Crippen LogP contribution in [0, 0.1) is 25.2 Å². The van der Waals surface area contributed by atoms with E-state index in [4.69, 9.17) is 16.6 Å². The highest BCUT2D eigenvalue weighted by Gasteiger charge is 2.25. The van der Waals surface area contributed by atoms with E-state index in [9.17, 15) is 5.26 Å². The van der Waals surface area contributed by atoms with Gasteiger partial charge in [0.25, 0.3) is 0 Å². The summed E-state index contributed by atoms with van der Waals surface area (Å²) in [6.45, 7) is 6.48. The number of pyridine rings is 1. The van der Waals surface area contributed by atoms with Gasteiger partial charge in [0.05, 0.1) is 21.1 Å². The van der Waals surface area contributed by atoms with Crippen LogP contribution in [-0.2, 0) is 6.54 Å². The minimum atomic E-state index is 0.294. The number of hydrogen-bond donors (Lipinski definition) is 2. The Bertz CT molecular complexity index is 1160. The summed E-state index contributed by atoms with van der Waals surface area (Å²) in [6.07, 6.45) is 7.20. The van der Waals surface area contributed by atoms with Crippen LogP contribution >= 0.6 is 27.5 Å². The average molecular weight is 527 g/mol. The van der Waals surface area contributed by atoms with E-state index in [0.29, 0.717) is 34.9 Å². The van der Waals surface area contributed by atoms with Crippen LogP contribution in [0.1, 0.15) is 35.1 Å². The normalized spacial score (nSPS) is 14.0. The van der Waals surface area contributed by atoms with Crippen molar-refractivity contribution in [3.8, 4) is 6.07 Å². The predicted octanol–water partition coefficient (Wildman–Crippen LogP) is 5.28. The number of nitrogens with one attached hydrogen (secondary N) is 2. The van der Waals surface area contributed by atoms with Gasteiger partial charge in [0.2, 0.25) is 5.95 Å². The molecule has 0 saturated carbocycles. The number of aryl methyl sites for hydroxylation is 2. The Morgan fingerprint density at radius 1 is 1.24 bits per heavy atom. The zero-order valence-corrected chi connectivity index (χ0v) is 20.9. The lowest BCUT2D eigenvalue weighted by molar-refractivity contribution is 0.424. The van der Waals surface area contributed by atoms with Crippen molar-refractivity contribution in [1.82, 2.24) is 20.3 Å². The molecule has 1 saturated heterocycles. The van der Waals surface area contributed by atoms with Gasteiger partial charge in [0.1, 0.15) is 5.82 Å². The second-order valence-electron chi connectivity index (χ2n) is 8.16. The topological polar surface area (TPSA) is 89.8 Å². The van der Waals surface area contributed by atoms with Crippen molar-refractivity contribution >= 4 is 45.0 Å². The SMILES string of the molecule is Cc1cc(C#N)cc(C)c1Nc1nc(N(Cc2ccncc2Cl)C2CCNCC2)ncc1Br. The lowest BCUT2D eigenvalue weighted by Crippen LogP contribution is -2.43. The highest BCUT2D eigenvalue weighted by Crippen LogP contribution is 2.31. The van der Waals surface area contributed by atoms with Crippen LogP contribution in [0.2, 0.25) is 5.02 Å². The first kappa shape index (κ1) is 23.4. The van der Waals surface area contributed by atoms with Crippen LogP contribution in [0.4, 0.5) is 17.5 Å². The molecule has 1 aliphatic heterocycles. The molecular weight excluding hydrogens is 502 g/mol. The maximum Gasteiger partial charge on any atom is 0.227 e. The van der Waals surface area contributed by atoms with Crippen molar-refractivity contribution in [3.63, 3.8) is 0 Å². The van der Waals surface area contributed by atoms with Crippen molar-refractivity contribution in [1.29, 1.82) is 5.26 Å². The van der Waals surface area contributed by atoms with Gasteiger partial charge in [-0.15, -0.1) is 0 Å². The molecule has 2 aromatic heterocycles. The summed E-state index contributed by atoms with van der Waals surface area (Å²) in [5, 5.41) is 16.8. The Kier molecular flexibility index (Phi) is 7.43. The summed E-state index contributed by atoms with van der Waals surface area (Å²) in [6, 6.07) is 8.19. The summed E-state index contributed by atoms with van der Waals surface area (Å²) in [7, 11) is 0. The van der Waals surface area contributed by atoms with E-state index < -0.39 is 0 Å². The quantitative estimate of drug-likeness (QED) is 0.452. The highest BCUT2D eigenvalue weighted by atomic mass is 79.9. The third-order valence-electron chi connectivity index (χ3n) is 5.84. The minimum absolute atomic E-state index is 0.294. The molecule has 0 aliphatic carbocycles. The Balaban J connectivity index is 1.69. The maximum atomic E-state index is 9.25. The number of halogens is 2. The maximum absolute atomic E-state index is 9.25. The number of aromatic nitrogens is 3. The summed E-state index contributed by atoms with van der Waals surface area (Å²) < 4.78 is 0.765. The van der Waals surface area contributed by atoms with Crippen molar-refractivity contribution < 1.29 is 0 Å². The first-order chi connectivity index (χ1) is 16.0. The van der Waals surface area contributed by atoms with Crippen molar-refractivity contribution in [2.45, 2.75) is 39.3 Å². The second kappa shape index (κ2) is 10.5. The van der Waals surface area contributed by atoms with Gasteiger partial charge in [-0.05, 0) is 90.6 Å². The number of anilines is 3. The van der Waals surface area contributed by atoms with Crippen LogP contribution in [-0.4, -0.2) is 34.1 Å². The Labute approximate surface area is 207 Å². The predicted molar refractivity (Wildman–Crippen MR) is 135 cm³/mol. The number of hydrogen-bond acceptors (Lipinski definition) is 7. The van der Waals surface area contributed by atoms with E-state index in [2.05, 4.69) is 47.5 Å². The molecule has 0 spiro atoms. The Morgan fingerprint density at radius 3 is 2.64 bits per heavy atom. The molecule has 0 amide bonds. The van der Waals surface area contributed by atoms with E-state index in [-0.39, 0.29) is 0 Å². The van der Waals surface area contributed by atoms with Gasteiger partial charge >= 0.3 is 0 Å². The monoisotopic (exact) mass is 525 g/mol. The standard InChI is InChI=1S/C24H25BrClN7/c1-15-9-17(11-27)10-16(2)22(15)31-23-20(25)12-30-24(32-23)33(19-4-7-28-8-5-19)14-18-3-6-29-13-21(18)26/h3,6,9-10,12-13,19,28H,4-5,7-8,14H2,1-2H3,(H,30,31,32). The molecule has 33 heavy (non-hydrogen) atoms. The van der Waals surface area contributed by atoms with Crippen LogP contribution in [0.15, 0.2) is 41.3 Å². The van der Waals surface area contributed by atoms with Gasteiger partial charge < -0.3 is 15.5 Å². The Morgan fingerprint density at radius 2 is 1.97 bits per heavy atom. The van der Waals surface area contributed by atoms with Gasteiger partial charge in [-0.3, -0.25) is 4.98 Å². The molecule has 1 fully saturated rings. The molecule has 0 atom stereocenters. The third-order valence-corrected chi connectivity index (χ3v) is 6.76. The van der Waals surface area contributed by atoms with Crippen LogP contribution in [0.3, 0.4) is 0 Å². The number of piperidine rings is 1. The van der Waals surface area contributed by atoms with E-state index in [1.807, 2.05) is 32.0 Å². The van der Waals surface area contributed by atoms with Crippen LogP contribution in [0.5, 0.6) is 0 Å². The summed E-state index contributed by atoms with van der Waals surface area (Å²) >= 11 is 10.0. The van der Waals surface area contributed by atoms with Gasteiger partial charge in [-0.1, -0.05) is 11.6 Å². The van der Waals surface area contributed by atoms with E-state index in [1.165, 1.54) is 0 Å². The molecule has 0 bridgehead atoms. The van der Waals surface area contributed by atoms with Crippen LogP contribution < -0.4 is 15.5 Å². The fourth-order valence-corrected chi connectivity index (χ4v) is 4.59. The van der Waals surface area contributed by atoms with E-state index >= 15 is 0 Å². The number of rotatable bonds is 6. The Hall–Kier alpha value is -2.73. The van der Waals surface area contributed by atoms with Gasteiger partial charge in [0, 0.05) is 36.9 Å². The first-order valence-electron chi connectivity index (χ1n) is 10.8. The number of nitriles is 1. The zero-order chi connectivity index (χ0) is 23.4. The van der Waals surface area contributed by atoms with E-state index in [1.54, 1.807) is 18.6 Å². The first-order valence-corrected chi connectivity index (χ1v) is 12.0. The molecule has 1 aliphatic rings. The summed E-state index contributed by atoms with van der Waals surface area (Å²) in [4.78, 5) is 15.9. The smallest absolute Gasteiger partial charge is 0.227 e. The van der Waals surface area contributed by atoms with Gasteiger partial charge in [-0.25, -0.2) is 4.98 Å². The molecule has 4 rings (SSSR count). The molecule has 2 N–H and O–H groups in total. The lowest BCUT2D eigenvalue weighted by Gasteiger charge is -2.35. The molecule has 0 unspecified atom stereocenters. The van der Waals surface area contributed by atoms with Crippen molar-refractivity contribution in [2.24, 2.45) is 0 Å². The highest BCUT2D eigenvalue weighted by molar-refractivity contribution is 9.10. The molecule has 7 nitrogen and oxygen atoms in total. The zero-order valence-electron chi connectivity index (χ0n) is 18.6. The minimum Gasteiger partial charge on any atom is -0.339 e. The van der Waals surface area contributed by atoms with Crippen LogP contribution in [0.25, 0.3) is 0 Å². The fraction of sp³-hybridized carbons (Fsp3) is 0.333. The molecule has 170 valence electrons. The number of benzene rings is 1. The second-order valence-corrected chi connectivity index (χ2v) is 9.43. The summed E-state index contributed by atoms with van der Waals surface area (Å²) in [5.74, 6) is 1.32. The average Bonchev–Trinajstić information content (AvgIpc) is 2.82. The largest absolute Gasteiger partial charge is 0.339 e. The summed E-state index contributed by atoms with van der Waals surface area (Å²) in [5.41, 5.74) is 4.54. The van der Waals surface area contributed by atoms with Crippen molar-refractivity contribution in [2.75, 3.05) is 23.3 Å². The molecular formula is C24H25BrClN7. The third kappa shape index (κ3) is 5.44. The van der Waals surface area contributed by atoms with Gasteiger partial charge in [-0.2, -0.15) is 10.2 Å². The van der Waals surface area contributed by atoms with Gasteiger partial charge in [0.15, 0.2) is 0 Å². The fourth-order valence-electron chi connectivity index (χ4n) is 4.12. The van der Waals surface area contributed by atoms with E-state index in [0.717, 1.165) is 52.8 Å². The number of nitrogens with zero attached hydrogens (tertiary/aromatic N) is 5. The molecule has 1 aromatic carbocycles. The molecule has 9 heteroatoms. The molecule has 3 aromatic rings.